The molecular formula is C9H10FN5O. The number of nitrogen functional groups attached to an aromatic ring is 1. The summed E-state index contributed by atoms with van der Waals surface area (Å²) < 4.78 is 18.1. The molecule has 0 aliphatic carbocycles. The topological polar surface area (TPSA) is 89.9 Å². The lowest BCUT2D eigenvalue weighted by molar-refractivity contribution is 0.391. The number of anilines is 2. The van der Waals surface area contributed by atoms with E-state index in [9.17, 15) is 4.39 Å². The predicted octanol–water partition coefficient (Wildman–Crippen LogP) is 1.11. The fraction of sp³-hybridized carbons (Fsp3) is 0.222. The number of hydrogen-bond donors (Lipinski definition) is 2. The van der Waals surface area contributed by atoms with E-state index in [0.717, 1.165) is 6.20 Å². The van der Waals surface area contributed by atoms with Gasteiger partial charge in [-0.3, -0.25) is 0 Å². The molecule has 2 aromatic heterocycles. The van der Waals surface area contributed by atoms with E-state index in [1.807, 2.05) is 0 Å². The van der Waals surface area contributed by atoms with Crippen LogP contribution in [-0.2, 0) is 6.54 Å². The van der Waals surface area contributed by atoms with Crippen LogP contribution in [0.3, 0.4) is 0 Å². The maximum absolute atomic E-state index is 13.2. The molecular weight excluding hydrogens is 213 g/mol. The zero-order valence-corrected chi connectivity index (χ0v) is 8.57. The van der Waals surface area contributed by atoms with Gasteiger partial charge in [0.25, 0.3) is 0 Å². The van der Waals surface area contributed by atoms with Crippen LogP contribution in [0.15, 0.2) is 16.8 Å². The third-order valence-electron chi connectivity index (χ3n) is 1.88. The van der Waals surface area contributed by atoms with Crippen LogP contribution in [0.2, 0.25) is 0 Å². The molecule has 16 heavy (non-hydrogen) atoms. The van der Waals surface area contributed by atoms with Crippen LogP contribution in [0.1, 0.15) is 11.5 Å². The maximum Gasteiger partial charge on any atom is 0.222 e. The summed E-state index contributed by atoms with van der Waals surface area (Å²) in [6.45, 7) is 2.09. The van der Waals surface area contributed by atoms with E-state index in [1.54, 1.807) is 13.0 Å². The number of rotatable bonds is 3. The first-order valence-corrected chi connectivity index (χ1v) is 4.59. The summed E-state index contributed by atoms with van der Waals surface area (Å²) in [6.07, 6.45) is 1.01. The Balaban J connectivity index is 2.07. The summed E-state index contributed by atoms with van der Waals surface area (Å²) in [5, 5.41) is 6.50. The Morgan fingerprint density at radius 1 is 1.56 bits per heavy atom. The van der Waals surface area contributed by atoms with E-state index in [0.29, 0.717) is 18.0 Å². The van der Waals surface area contributed by atoms with Gasteiger partial charge in [-0.15, -0.1) is 0 Å². The fourth-order valence-corrected chi connectivity index (χ4v) is 1.18. The van der Waals surface area contributed by atoms with Gasteiger partial charge in [0.2, 0.25) is 5.95 Å². The van der Waals surface area contributed by atoms with Gasteiger partial charge in [-0.1, -0.05) is 5.16 Å². The third-order valence-corrected chi connectivity index (χ3v) is 1.88. The van der Waals surface area contributed by atoms with Gasteiger partial charge in [-0.05, 0) is 6.92 Å². The minimum atomic E-state index is -0.561. The number of halogens is 1. The average molecular weight is 223 g/mol. The molecule has 0 aromatic carbocycles. The van der Waals surface area contributed by atoms with Crippen molar-refractivity contribution in [3.8, 4) is 0 Å². The summed E-state index contributed by atoms with van der Waals surface area (Å²) in [5.41, 5.74) is 6.00. The van der Waals surface area contributed by atoms with E-state index >= 15 is 0 Å². The molecule has 0 fully saturated rings. The van der Waals surface area contributed by atoms with Crippen molar-refractivity contribution in [2.45, 2.75) is 13.5 Å². The summed E-state index contributed by atoms with van der Waals surface area (Å²) in [6, 6.07) is 1.75. The molecule has 0 saturated heterocycles. The Hall–Kier alpha value is -2.18. The van der Waals surface area contributed by atoms with Crippen LogP contribution < -0.4 is 11.1 Å². The van der Waals surface area contributed by atoms with E-state index < -0.39 is 5.82 Å². The molecule has 2 aromatic rings. The summed E-state index contributed by atoms with van der Waals surface area (Å²) in [5.74, 6) is 0.197. The van der Waals surface area contributed by atoms with Gasteiger partial charge in [0.1, 0.15) is 11.5 Å². The van der Waals surface area contributed by atoms with Crippen LogP contribution >= 0.6 is 0 Å². The van der Waals surface area contributed by atoms with Crippen LogP contribution in [0.5, 0.6) is 0 Å². The number of nitrogens with zero attached hydrogens (tertiary/aromatic N) is 3. The molecule has 0 spiro atoms. The highest BCUT2D eigenvalue weighted by molar-refractivity contribution is 5.39. The summed E-state index contributed by atoms with van der Waals surface area (Å²) in [7, 11) is 0. The van der Waals surface area contributed by atoms with Crippen molar-refractivity contribution in [2.24, 2.45) is 0 Å². The van der Waals surface area contributed by atoms with Crippen LogP contribution in [0, 0.1) is 12.7 Å². The molecule has 0 unspecified atom stereocenters. The number of hydrogen-bond acceptors (Lipinski definition) is 6. The van der Waals surface area contributed by atoms with Gasteiger partial charge >= 0.3 is 0 Å². The van der Waals surface area contributed by atoms with Crippen LogP contribution in [-0.4, -0.2) is 15.1 Å². The molecule has 0 saturated carbocycles. The molecule has 0 radical (unpaired) electrons. The van der Waals surface area contributed by atoms with E-state index in [1.165, 1.54) is 0 Å². The van der Waals surface area contributed by atoms with Gasteiger partial charge < -0.3 is 15.6 Å². The van der Waals surface area contributed by atoms with Crippen molar-refractivity contribution in [1.29, 1.82) is 0 Å². The highest BCUT2D eigenvalue weighted by atomic mass is 19.1. The first-order chi connectivity index (χ1) is 7.65. The Morgan fingerprint density at radius 2 is 2.38 bits per heavy atom. The largest absolute Gasteiger partial charge is 0.368 e. The minimum absolute atomic E-state index is 0.0141. The lowest BCUT2D eigenvalue weighted by atomic mass is 10.4. The molecule has 0 aliphatic heterocycles. The number of aromatic nitrogens is 3. The maximum atomic E-state index is 13.2. The second kappa shape index (κ2) is 4.13. The Bertz CT molecular complexity index is 498. The zero-order chi connectivity index (χ0) is 11.5. The summed E-state index contributed by atoms with van der Waals surface area (Å²) >= 11 is 0. The molecule has 2 rings (SSSR count). The number of aryl methyl sites for hydroxylation is 1. The third kappa shape index (κ3) is 2.25. The molecule has 0 aliphatic rings. The SMILES string of the molecule is Cc1cc(CNc2nc(N)ncc2F)no1. The van der Waals surface area contributed by atoms with Crippen LogP contribution in [0.25, 0.3) is 0 Å². The Labute approximate surface area is 90.7 Å². The van der Waals surface area contributed by atoms with E-state index in [4.69, 9.17) is 10.3 Å². The van der Waals surface area contributed by atoms with Gasteiger partial charge in [0.15, 0.2) is 11.6 Å². The normalized spacial score (nSPS) is 10.4. The van der Waals surface area contributed by atoms with Gasteiger partial charge in [-0.25, -0.2) is 9.37 Å². The molecule has 0 amide bonds. The highest BCUT2D eigenvalue weighted by Gasteiger charge is 2.06. The molecule has 2 heterocycles. The highest BCUT2D eigenvalue weighted by Crippen LogP contribution is 2.11. The average Bonchev–Trinajstić information content (AvgIpc) is 2.66. The van der Waals surface area contributed by atoms with E-state index in [2.05, 4.69) is 20.4 Å². The first-order valence-electron chi connectivity index (χ1n) is 4.59. The van der Waals surface area contributed by atoms with Crippen molar-refractivity contribution >= 4 is 11.8 Å². The monoisotopic (exact) mass is 223 g/mol. The van der Waals surface area contributed by atoms with Gasteiger partial charge in [0, 0.05) is 6.07 Å². The Kier molecular flexibility index (Phi) is 2.67. The van der Waals surface area contributed by atoms with Crippen molar-refractivity contribution in [3.05, 3.63) is 29.5 Å². The van der Waals surface area contributed by atoms with Crippen molar-refractivity contribution in [2.75, 3.05) is 11.1 Å². The fourth-order valence-electron chi connectivity index (χ4n) is 1.18. The van der Waals surface area contributed by atoms with Gasteiger partial charge in [-0.2, -0.15) is 4.98 Å². The lowest BCUT2D eigenvalue weighted by Gasteiger charge is -2.04. The minimum Gasteiger partial charge on any atom is -0.368 e. The van der Waals surface area contributed by atoms with Crippen molar-refractivity contribution in [1.82, 2.24) is 15.1 Å². The molecule has 6 nitrogen and oxygen atoms in total. The Morgan fingerprint density at radius 3 is 3.06 bits per heavy atom. The predicted molar refractivity (Wildman–Crippen MR) is 55.0 cm³/mol. The smallest absolute Gasteiger partial charge is 0.222 e. The molecule has 0 bridgehead atoms. The quantitative estimate of drug-likeness (QED) is 0.810. The standard InChI is InChI=1S/C9H10FN5O/c1-5-2-6(15-16-5)3-12-8-7(10)4-13-9(11)14-8/h2,4H,3H2,1H3,(H3,11,12,13,14). The molecule has 84 valence electrons. The second-order valence-corrected chi connectivity index (χ2v) is 3.21. The van der Waals surface area contributed by atoms with Crippen LogP contribution in [0.4, 0.5) is 16.2 Å². The second-order valence-electron chi connectivity index (χ2n) is 3.21. The van der Waals surface area contributed by atoms with Crippen molar-refractivity contribution < 1.29 is 8.91 Å². The first kappa shape index (κ1) is 10.3. The van der Waals surface area contributed by atoms with Gasteiger partial charge in [0.05, 0.1) is 12.7 Å². The van der Waals surface area contributed by atoms with E-state index in [-0.39, 0.29) is 11.8 Å². The molecule has 3 N–H and O–H groups in total. The zero-order valence-electron chi connectivity index (χ0n) is 8.57. The molecule has 0 atom stereocenters. The number of nitrogens with two attached hydrogens (primary N) is 1. The lowest BCUT2D eigenvalue weighted by Crippen LogP contribution is -2.06. The molecule has 7 heteroatoms. The summed E-state index contributed by atoms with van der Waals surface area (Å²) in [4.78, 5) is 7.23. The van der Waals surface area contributed by atoms with Crippen molar-refractivity contribution in [3.63, 3.8) is 0 Å². The number of nitrogens with one attached hydrogen (secondary N) is 1.